The Bertz CT molecular complexity index is 705. The molecule has 1 aliphatic carbocycles. The Kier molecular flexibility index (Phi) is 10.6. The fourth-order valence-electron chi connectivity index (χ4n) is 3.84. The van der Waals surface area contributed by atoms with Crippen LogP contribution >= 0.6 is 0 Å². The van der Waals surface area contributed by atoms with Crippen LogP contribution in [0.1, 0.15) is 64.4 Å². The van der Waals surface area contributed by atoms with E-state index >= 15 is 0 Å². The Morgan fingerprint density at radius 1 is 1.17 bits per heavy atom. The summed E-state index contributed by atoms with van der Waals surface area (Å²) in [5.74, 6) is 0.219. The number of hydrogen-bond donors (Lipinski definition) is 1. The lowest BCUT2D eigenvalue weighted by molar-refractivity contribution is -0.147. The maximum absolute atomic E-state index is 12.2. The molecular formula is C26H36O4. The van der Waals surface area contributed by atoms with Gasteiger partial charge in [0.15, 0.2) is 5.78 Å². The van der Waals surface area contributed by atoms with Gasteiger partial charge in [-0.25, -0.2) is 0 Å². The highest BCUT2D eigenvalue weighted by atomic mass is 16.5. The van der Waals surface area contributed by atoms with Crippen molar-refractivity contribution in [1.82, 2.24) is 0 Å². The maximum atomic E-state index is 12.2. The number of benzene rings is 1. The first-order valence-electron chi connectivity index (χ1n) is 11.2. The van der Waals surface area contributed by atoms with E-state index in [9.17, 15) is 14.7 Å². The van der Waals surface area contributed by atoms with E-state index in [1.807, 2.05) is 38.1 Å². The van der Waals surface area contributed by atoms with E-state index in [1.54, 1.807) is 6.08 Å². The number of hydrogen-bond acceptors (Lipinski definition) is 4. The van der Waals surface area contributed by atoms with E-state index < -0.39 is 0 Å². The van der Waals surface area contributed by atoms with Gasteiger partial charge in [-0.15, -0.1) is 0 Å². The van der Waals surface area contributed by atoms with Crippen LogP contribution in [0, 0.1) is 11.8 Å². The van der Waals surface area contributed by atoms with Gasteiger partial charge in [-0.2, -0.15) is 0 Å². The van der Waals surface area contributed by atoms with Crippen molar-refractivity contribution in [3.63, 3.8) is 0 Å². The average Bonchev–Trinajstić information content (AvgIpc) is 3.07. The molecule has 30 heavy (non-hydrogen) atoms. The number of unbranched alkanes of at least 4 members (excludes halogenated alkanes) is 1. The normalized spacial score (nSPS) is 19.7. The predicted molar refractivity (Wildman–Crippen MR) is 120 cm³/mol. The van der Waals surface area contributed by atoms with Crippen LogP contribution in [0.5, 0.6) is 0 Å². The molecule has 1 N–H and O–H groups in total. The average molecular weight is 413 g/mol. The molecule has 0 fully saturated rings. The SMILES string of the molecule is CC(C)OC(=O)CCC/C=C/C[C@H]1C=CC(=O)[C@@H]1CC[C@@H](O)CCc1ccccc1. The smallest absolute Gasteiger partial charge is 0.306 e. The van der Waals surface area contributed by atoms with Crippen molar-refractivity contribution < 1.29 is 19.4 Å². The highest BCUT2D eigenvalue weighted by Crippen LogP contribution is 2.30. The van der Waals surface area contributed by atoms with Crippen LogP contribution < -0.4 is 0 Å². The molecule has 0 saturated carbocycles. The summed E-state index contributed by atoms with van der Waals surface area (Å²) in [6, 6.07) is 10.2. The van der Waals surface area contributed by atoms with E-state index in [0.717, 1.165) is 38.5 Å². The number of esters is 1. The quantitative estimate of drug-likeness (QED) is 0.275. The van der Waals surface area contributed by atoms with Gasteiger partial charge in [0, 0.05) is 12.3 Å². The van der Waals surface area contributed by atoms with Crippen molar-refractivity contribution >= 4 is 11.8 Å². The third-order valence-corrected chi connectivity index (χ3v) is 5.50. The second kappa shape index (κ2) is 13.2. The summed E-state index contributed by atoms with van der Waals surface area (Å²) >= 11 is 0. The minimum Gasteiger partial charge on any atom is -0.463 e. The van der Waals surface area contributed by atoms with Gasteiger partial charge >= 0.3 is 5.97 Å². The molecule has 0 amide bonds. The molecule has 2 rings (SSSR count). The Hall–Kier alpha value is -2.20. The lowest BCUT2D eigenvalue weighted by atomic mass is 9.86. The topological polar surface area (TPSA) is 63.6 Å². The molecule has 0 heterocycles. The molecule has 0 radical (unpaired) electrons. The van der Waals surface area contributed by atoms with Crippen molar-refractivity contribution in [2.24, 2.45) is 11.8 Å². The molecule has 4 nitrogen and oxygen atoms in total. The highest BCUT2D eigenvalue weighted by molar-refractivity contribution is 5.94. The second-order valence-corrected chi connectivity index (χ2v) is 8.43. The first-order valence-corrected chi connectivity index (χ1v) is 11.2. The molecule has 1 aliphatic rings. The van der Waals surface area contributed by atoms with Crippen molar-refractivity contribution in [2.75, 3.05) is 0 Å². The largest absolute Gasteiger partial charge is 0.463 e. The molecule has 164 valence electrons. The molecule has 1 aromatic carbocycles. The van der Waals surface area contributed by atoms with Crippen LogP contribution in [0.2, 0.25) is 0 Å². The number of aliphatic hydroxyl groups is 1. The zero-order valence-electron chi connectivity index (χ0n) is 18.3. The molecule has 0 spiro atoms. The van der Waals surface area contributed by atoms with Crippen molar-refractivity contribution in [2.45, 2.75) is 77.4 Å². The van der Waals surface area contributed by atoms with E-state index in [4.69, 9.17) is 4.74 Å². The molecule has 0 aliphatic heterocycles. The highest BCUT2D eigenvalue weighted by Gasteiger charge is 2.29. The Morgan fingerprint density at radius 3 is 2.67 bits per heavy atom. The van der Waals surface area contributed by atoms with E-state index in [-0.39, 0.29) is 35.8 Å². The van der Waals surface area contributed by atoms with Gasteiger partial charge in [-0.3, -0.25) is 9.59 Å². The monoisotopic (exact) mass is 412 g/mol. The number of carbonyl (C=O) groups is 2. The molecule has 3 atom stereocenters. The standard InChI is InChI=1S/C26H36O4/c1-20(2)30-26(29)13-9-4-3-8-12-22-15-19-25(28)24(22)18-17-23(27)16-14-21-10-6-5-7-11-21/h3,5-8,10-11,15,19-20,22-24,27H,4,9,12-14,16-18H2,1-2H3/b8-3+/t22-,23-,24+/m0/s1. The van der Waals surface area contributed by atoms with E-state index in [1.165, 1.54) is 5.56 Å². The van der Waals surface area contributed by atoms with Gasteiger partial charge in [0.05, 0.1) is 12.2 Å². The lowest BCUT2D eigenvalue weighted by Gasteiger charge is -2.19. The molecule has 0 aromatic heterocycles. The Balaban J connectivity index is 1.65. The van der Waals surface area contributed by atoms with Gasteiger partial charge in [-0.05, 0) is 76.4 Å². The zero-order chi connectivity index (χ0) is 21.8. The van der Waals surface area contributed by atoms with Gasteiger partial charge in [0.25, 0.3) is 0 Å². The summed E-state index contributed by atoms with van der Waals surface area (Å²) in [6.45, 7) is 3.71. The number of ketones is 1. The van der Waals surface area contributed by atoms with Crippen LogP contribution in [-0.4, -0.2) is 29.1 Å². The molecule has 1 aromatic rings. The van der Waals surface area contributed by atoms with Crippen LogP contribution in [0.25, 0.3) is 0 Å². The van der Waals surface area contributed by atoms with Crippen molar-refractivity contribution in [3.05, 3.63) is 60.2 Å². The molecule has 0 bridgehead atoms. The summed E-state index contributed by atoms with van der Waals surface area (Å²) in [7, 11) is 0. The van der Waals surface area contributed by atoms with Crippen LogP contribution in [0.4, 0.5) is 0 Å². The number of aryl methyl sites for hydroxylation is 1. The molecule has 0 unspecified atom stereocenters. The van der Waals surface area contributed by atoms with Gasteiger partial charge in [0.2, 0.25) is 0 Å². The molecule has 0 saturated heterocycles. The van der Waals surface area contributed by atoms with Crippen molar-refractivity contribution in [1.29, 1.82) is 0 Å². The summed E-state index contributed by atoms with van der Waals surface area (Å²) in [5, 5.41) is 10.3. The lowest BCUT2D eigenvalue weighted by Crippen LogP contribution is -2.19. The van der Waals surface area contributed by atoms with Crippen LogP contribution in [-0.2, 0) is 20.7 Å². The van der Waals surface area contributed by atoms with Gasteiger partial charge < -0.3 is 9.84 Å². The van der Waals surface area contributed by atoms with E-state index in [0.29, 0.717) is 12.8 Å². The summed E-state index contributed by atoms with van der Waals surface area (Å²) in [5.41, 5.74) is 1.23. The second-order valence-electron chi connectivity index (χ2n) is 8.43. The van der Waals surface area contributed by atoms with E-state index in [2.05, 4.69) is 24.3 Å². The fraction of sp³-hybridized carbons (Fsp3) is 0.538. The Labute approximate surface area is 181 Å². The predicted octanol–water partition coefficient (Wildman–Crippen LogP) is 5.20. The summed E-state index contributed by atoms with van der Waals surface area (Å²) in [6.07, 6.45) is 13.3. The maximum Gasteiger partial charge on any atom is 0.306 e. The van der Waals surface area contributed by atoms with Crippen LogP contribution in [0.3, 0.4) is 0 Å². The number of aliphatic hydroxyl groups excluding tert-OH is 1. The fourth-order valence-corrected chi connectivity index (χ4v) is 3.84. The summed E-state index contributed by atoms with van der Waals surface area (Å²) < 4.78 is 5.12. The zero-order valence-corrected chi connectivity index (χ0v) is 18.3. The third kappa shape index (κ3) is 9.08. The number of allylic oxidation sites excluding steroid dienone is 4. The van der Waals surface area contributed by atoms with Crippen LogP contribution in [0.15, 0.2) is 54.6 Å². The minimum atomic E-state index is -0.375. The number of carbonyl (C=O) groups excluding carboxylic acids is 2. The number of rotatable bonds is 13. The minimum absolute atomic E-state index is 0.0259. The van der Waals surface area contributed by atoms with Gasteiger partial charge in [-0.1, -0.05) is 48.6 Å². The first kappa shape index (κ1) is 24.1. The van der Waals surface area contributed by atoms with Crippen molar-refractivity contribution in [3.8, 4) is 0 Å². The summed E-state index contributed by atoms with van der Waals surface area (Å²) in [4.78, 5) is 23.7. The Morgan fingerprint density at radius 2 is 1.93 bits per heavy atom. The van der Waals surface area contributed by atoms with Gasteiger partial charge in [0.1, 0.15) is 0 Å². The first-order chi connectivity index (χ1) is 14.5. The number of ether oxygens (including phenoxy) is 1. The third-order valence-electron chi connectivity index (χ3n) is 5.50. The molecule has 4 heteroatoms. The molecular weight excluding hydrogens is 376 g/mol.